The average Bonchev–Trinajstić information content (AvgIpc) is 2.72. The Morgan fingerprint density at radius 3 is 2.15 bits per heavy atom. The second-order valence-corrected chi connectivity index (χ2v) is 9.80. The van der Waals surface area contributed by atoms with Crippen molar-refractivity contribution in [2.75, 3.05) is 11.9 Å². The molecule has 0 heterocycles. The van der Waals surface area contributed by atoms with Crippen LogP contribution in [0, 0.1) is 20.8 Å². The quantitative estimate of drug-likeness (QED) is 0.596. The van der Waals surface area contributed by atoms with Gasteiger partial charge in [-0.15, -0.1) is 0 Å². The van der Waals surface area contributed by atoms with Crippen LogP contribution < -0.4 is 10.6 Å². The lowest BCUT2D eigenvalue weighted by molar-refractivity contribution is -0.140. The highest BCUT2D eigenvalue weighted by molar-refractivity contribution is 5.99. The molecule has 1 atom stereocenters. The van der Waals surface area contributed by atoms with Crippen molar-refractivity contribution >= 4 is 23.6 Å². The Morgan fingerprint density at radius 1 is 0.941 bits per heavy atom. The molecule has 7 heteroatoms. The molecule has 7 nitrogen and oxygen atoms in total. The molecule has 2 N–H and O–H groups in total. The van der Waals surface area contributed by atoms with Crippen LogP contribution >= 0.6 is 0 Å². The molecule has 0 aliphatic heterocycles. The number of alkyl carbamates (subject to hydrolysis) is 1. The minimum Gasteiger partial charge on any atom is -0.444 e. The second-order valence-electron chi connectivity index (χ2n) is 9.80. The van der Waals surface area contributed by atoms with E-state index >= 15 is 0 Å². The highest BCUT2D eigenvalue weighted by Crippen LogP contribution is 2.28. The van der Waals surface area contributed by atoms with Crippen molar-refractivity contribution in [3.05, 3.63) is 64.7 Å². The number of ether oxygens (including phenoxy) is 1. The van der Waals surface area contributed by atoms with Gasteiger partial charge in [-0.1, -0.05) is 36.4 Å². The van der Waals surface area contributed by atoms with Gasteiger partial charge in [0.05, 0.1) is 0 Å². The molecule has 0 radical (unpaired) electrons. The number of benzene rings is 2. The maximum atomic E-state index is 13.6. The van der Waals surface area contributed by atoms with Crippen molar-refractivity contribution in [1.82, 2.24) is 10.2 Å². The fraction of sp³-hybridized carbons (Fsp3) is 0.444. The largest absolute Gasteiger partial charge is 0.444 e. The fourth-order valence-corrected chi connectivity index (χ4v) is 3.57. The Balaban J connectivity index is 2.39. The van der Waals surface area contributed by atoms with Crippen molar-refractivity contribution in [3.63, 3.8) is 0 Å². The first-order chi connectivity index (χ1) is 15.8. The summed E-state index contributed by atoms with van der Waals surface area (Å²) < 4.78 is 5.24. The van der Waals surface area contributed by atoms with Crippen molar-refractivity contribution in [3.8, 4) is 0 Å². The Bertz CT molecular complexity index is 1040. The Morgan fingerprint density at radius 2 is 1.59 bits per heavy atom. The molecule has 0 aliphatic rings. The monoisotopic (exact) mass is 467 g/mol. The third-order valence-electron chi connectivity index (χ3n) is 5.40. The molecule has 2 aromatic carbocycles. The molecule has 184 valence electrons. The van der Waals surface area contributed by atoms with Crippen LogP contribution in [0.3, 0.4) is 0 Å². The first-order valence-corrected chi connectivity index (χ1v) is 11.5. The van der Waals surface area contributed by atoms with E-state index in [1.54, 1.807) is 20.8 Å². The third kappa shape index (κ3) is 7.33. The summed E-state index contributed by atoms with van der Waals surface area (Å²) in [7, 11) is 0. The average molecular weight is 468 g/mol. The lowest BCUT2D eigenvalue weighted by Crippen LogP contribution is -2.49. The minimum atomic E-state index is -0.883. The van der Waals surface area contributed by atoms with Crippen LogP contribution in [0.2, 0.25) is 0 Å². The first kappa shape index (κ1) is 26.9. The van der Waals surface area contributed by atoms with Gasteiger partial charge in [0.25, 0.3) is 5.91 Å². The van der Waals surface area contributed by atoms with Crippen LogP contribution in [0.15, 0.2) is 42.5 Å². The van der Waals surface area contributed by atoms with Gasteiger partial charge < -0.3 is 20.3 Å². The number of hydrogen-bond donors (Lipinski definition) is 2. The van der Waals surface area contributed by atoms with E-state index in [2.05, 4.69) is 10.6 Å². The SMILES string of the molecule is Cc1ccc(C(C(=O)Nc2ccccc2C)N(C(=O)CNC(=O)OC(C)(C)C)C(C)C)cc1C. The molecule has 0 saturated carbocycles. The Labute approximate surface area is 202 Å². The summed E-state index contributed by atoms with van der Waals surface area (Å²) in [6.45, 7) is 14.5. The molecular weight excluding hydrogens is 430 g/mol. The van der Waals surface area contributed by atoms with Gasteiger partial charge in [0.1, 0.15) is 18.2 Å². The third-order valence-corrected chi connectivity index (χ3v) is 5.40. The van der Waals surface area contributed by atoms with E-state index in [0.717, 1.165) is 16.7 Å². The van der Waals surface area contributed by atoms with E-state index in [1.165, 1.54) is 4.90 Å². The molecule has 2 aromatic rings. The van der Waals surface area contributed by atoms with E-state index in [9.17, 15) is 14.4 Å². The van der Waals surface area contributed by atoms with Gasteiger partial charge in [0.15, 0.2) is 0 Å². The standard InChI is InChI=1S/C27H37N3O4/c1-17(2)30(23(31)16-28-26(33)34-27(6,7)8)24(21-14-13-18(3)20(5)15-21)25(32)29-22-12-10-9-11-19(22)4/h9-15,17,24H,16H2,1-8H3,(H,28,33)(H,29,32). The molecule has 0 aliphatic carbocycles. The number of carbonyl (C=O) groups excluding carboxylic acids is 3. The van der Waals surface area contributed by atoms with E-state index in [-0.39, 0.29) is 24.4 Å². The number of aryl methyl sites for hydroxylation is 3. The van der Waals surface area contributed by atoms with E-state index in [4.69, 9.17) is 4.74 Å². The summed E-state index contributed by atoms with van der Waals surface area (Å²) >= 11 is 0. The van der Waals surface area contributed by atoms with Crippen molar-refractivity contribution in [2.24, 2.45) is 0 Å². The predicted molar refractivity (Wildman–Crippen MR) is 135 cm³/mol. The summed E-state index contributed by atoms with van der Waals surface area (Å²) in [6.07, 6.45) is -0.684. The Hall–Kier alpha value is -3.35. The number of anilines is 1. The number of para-hydroxylation sites is 1. The van der Waals surface area contributed by atoms with Gasteiger partial charge >= 0.3 is 6.09 Å². The maximum absolute atomic E-state index is 13.6. The van der Waals surface area contributed by atoms with Crippen LogP contribution in [0.25, 0.3) is 0 Å². The number of hydrogen-bond acceptors (Lipinski definition) is 4. The van der Waals surface area contributed by atoms with Crippen LogP contribution in [-0.2, 0) is 14.3 Å². The van der Waals surface area contributed by atoms with Gasteiger partial charge in [-0.25, -0.2) is 4.79 Å². The lowest BCUT2D eigenvalue weighted by Gasteiger charge is -2.35. The summed E-state index contributed by atoms with van der Waals surface area (Å²) in [5.41, 5.74) is 3.74. The molecule has 0 aromatic heterocycles. The minimum absolute atomic E-state index is 0.286. The van der Waals surface area contributed by atoms with E-state index in [0.29, 0.717) is 11.3 Å². The first-order valence-electron chi connectivity index (χ1n) is 11.5. The van der Waals surface area contributed by atoms with Crippen molar-refractivity contribution in [2.45, 2.75) is 73.1 Å². The summed E-state index contributed by atoms with van der Waals surface area (Å²) in [5, 5.41) is 5.50. The number of nitrogens with one attached hydrogen (secondary N) is 2. The van der Waals surface area contributed by atoms with Crippen LogP contribution in [-0.4, -0.2) is 41.0 Å². The fourth-order valence-electron chi connectivity index (χ4n) is 3.57. The summed E-state index contributed by atoms with van der Waals surface area (Å²) in [5.74, 6) is -0.708. The Kier molecular flexibility index (Phi) is 8.85. The van der Waals surface area contributed by atoms with Crippen LogP contribution in [0.1, 0.15) is 62.9 Å². The van der Waals surface area contributed by atoms with Crippen LogP contribution in [0.5, 0.6) is 0 Å². The number of carbonyl (C=O) groups is 3. The molecule has 34 heavy (non-hydrogen) atoms. The van der Waals surface area contributed by atoms with E-state index < -0.39 is 17.7 Å². The van der Waals surface area contributed by atoms with Crippen LogP contribution in [0.4, 0.5) is 10.5 Å². The molecule has 0 saturated heterocycles. The smallest absolute Gasteiger partial charge is 0.408 e. The van der Waals surface area contributed by atoms with Gasteiger partial charge in [-0.2, -0.15) is 0 Å². The van der Waals surface area contributed by atoms with Gasteiger partial charge in [-0.05, 0) is 83.7 Å². The second kappa shape index (κ2) is 11.2. The number of rotatable bonds is 7. The topological polar surface area (TPSA) is 87.7 Å². The maximum Gasteiger partial charge on any atom is 0.408 e. The molecule has 3 amide bonds. The normalized spacial score (nSPS) is 12.1. The molecule has 0 spiro atoms. The summed E-state index contributed by atoms with van der Waals surface area (Å²) in [6, 6.07) is 12.1. The molecule has 1 unspecified atom stereocenters. The van der Waals surface area contributed by atoms with Gasteiger partial charge in [0, 0.05) is 11.7 Å². The summed E-state index contributed by atoms with van der Waals surface area (Å²) in [4.78, 5) is 40.6. The van der Waals surface area contributed by atoms with Gasteiger partial charge in [0.2, 0.25) is 5.91 Å². The molecule has 2 rings (SSSR count). The molecular formula is C27H37N3O4. The van der Waals surface area contributed by atoms with Crippen molar-refractivity contribution in [1.29, 1.82) is 0 Å². The zero-order valence-corrected chi connectivity index (χ0v) is 21.5. The lowest BCUT2D eigenvalue weighted by atomic mass is 9.97. The van der Waals surface area contributed by atoms with Gasteiger partial charge in [-0.3, -0.25) is 9.59 Å². The zero-order valence-electron chi connectivity index (χ0n) is 21.5. The van der Waals surface area contributed by atoms with E-state index in [1.807, 2.05) is 77.1 Å². The highest BCUT2D eigenvalue weighted by atomic mass is 16.6. The number of nitrogens with zero attached hydrogens (tertiary/aromatic N) is 1. The highest BCUT2D eigenvalue weighted by Gasteiger charge is 2.34. The number of amides is 3. The zero-order chi connectivity index (χ0) is 25.6. The predicted octanol–water partition coefficient (Wildman–Crippen LogP) is 5.05. The molecule has 0 bridgehead atoms. The molecule has 0 fully saturated rings. The van der Waals surface area contributed by atoms with Crippen molar-refractivity contribution < 1.29 is 19.1 Å².